The Morgan fingerprint density at radius 2 is 1.96 bits per heavy atom. The smallest absolute Gasteiger partial charge is 0.329 e. The summed E-state index contributed by atoms with van der Waals surface area (Å²) in [6, 6.07) is 7.30. The summed E-state index contributed by atoms with van der Waals surface area (Å²) in [5, 5.41) is 4.24. The van der Waals surface area contributed by atoms with Gasteiger partial charge in [-0.25, -0.2) is 4.79 Å². The highest BCUT2D eigenvalue weighted by molar-refractivity contribution is 6.11. The van der Waals surface area contributed by atoms with Gasteiger partial charge in [0.1, 0.15) is 17.3 Å². The lowest BCUT2D eigenvalue weighted by atomic mass is 9.97. The van der Waals surface area contributed by atoms with Crippen LogP contribution < -0.4 is 5.32 Å². The van der Waals surface area contributed by atoms with Crippen molar-refractivity contribution in [1.82, 2.24) is 4.57 Å². The summed E-state index contributed by atoms with van der Waals surface area (Å²) in [6.07, 6.45) is 0.427. The molecule has 0 bridgehead atoms. The van der Waals surface area contributed by atoms with E-state index < -0.39 is 11.6 Å². The Morgan fingerprint density at radius 1 is 1.29 bits per heavy atom. The fourth-order valence-electron chi connectivity index (χ4n) is 3.28. The Hall–Kier alpha value is -2.30. The average molecular weight is 328 g/mol. The van der Waals surface area contributed by atoms with Crippen molar-refractivity contribution in [2.75, 3.05) is 5.32 Å². The molecule has 0 saturated carbocycles. The molecule has 0 radical (unpaired) electrons. The Morgan fingerprint density at radius 3 is 2.62 bits per heavy atom. The lowest BCUT2D eigenvalue weighted by Crippen LogP contribution is -2.37. The maximum absolute atomic E-state index is 12.9. The molecule has 5 heteroatoms. The molecule has 5 nitrogen and oxygen atoms in total. The predicted molar refractivity (Wildman–Crippen MR) is 94.3 cm³/mol. The molecule has 128 valence electrons. The summed E-state index contributed by atoms with van der Waals surface area (Å²) >= 11 is 0. The Balaban J connectivity index is 2.08. The van der Waals surface area contributed by atoms with Crippen LogP contribution in [-0.4, -0.2) is 28.0 Å². The van der Waals surface area contributed by atoms with Gasteiger partial charge in [0, 0.05) is 18.4 Å². The second-order valence-electron chi connectivity index (χ2n) is 7.53. The molecule has 1 aliphatic rings. The van der Waals surface area contributed by atoms with Crippen molar-refractivity contribution in [3.63, 3.8) is 0 Å². The van der Waals surface area contributed by atoms with E-state index in [4.69, 9.17) is 4.74 Å². The van der Waals surface area contributed by atoms with Crippen LogP contribution in [0.5, 0.6) is 0 Å². The number of benzene rings is 1. The zero-order valence-electron chi connectivity index (χ0n) is 14.8. The summed E-state index contributed by atoms with van der Waals surface area (Å²) in [5.41, 5.74) is 1.79. The van der Waals surface area contributed by atoms with Gasteiger partial charge in [0.25, 0.3) is 0 Å². The summed E-state index contributed by atoms with van der Waals surface area (Å²) < 4.78 is 7.44. The number of carbonyl (C=O) groups excluding carboxylic acids is 2. The molecule has 2 atom stereocenters. The number of nitrogens with one attached hydrogen (secondary N) is 1. The van der Waals surface area contributed by atoms with E-state index in [9.17, 15) is 9.59 Å². The van der Waals surface area contributed by atoms with Gasteiger partial charge in [0.05, 0.1) is 11.2 Å². The van der Waals surface area contributed by atoms with Crippen molar-refractivity contribution in [1.29, 1.82) is 0 Å². The number of hydrogen-bond acceptors (Lipinski definition) is 4. The first-order valence-corrected chi connectivity index (χ1v) is 8.30. The average Bonchev–Trinajstić information content (AvgIpc) is 2.68. The summed E-state index contributed by atoms with van der Waals surface area (Å²) in [4.78, 5) is 25.4. The lowest BCUT2D eigenvalue weighted by molar-refractivity contribution is -0.156. The van der Waals surface area contributed by atoms with Crippen LogP contribution in [0.2, 0.25) is 0 Å². The second kappa shape index (κ2) is 5.65. The molecule has 0 saturated heterocycles. The molecule has 0 amide bonds. The maximum Gasteiger partial charge on any atom is 0.329 e. The van der Waals surface area contributed by atoms with E-state index >= 15 is 0 Å². The normalized spacial score (nSPS) is 21.1. The van der Waals surface area contributed by atoms with Crippen LogP contribution in [0.15, 0.2) is 24.3 Å². The minimum Gasteiger partial charge on any atom is -0.458 e. The SMILES string of the molecule is CC1CC(C(=O)OC(C)(C)C)Nc2c(n(C)c3ccccc23)C1=O. The fraction of sp³-hybridized carbons (Fsp3) is 0.474. The van der Waals surface area contributed by atoms with Crippen molar-refractivity contribution in [3.8, 4) is 0 Å². The summed E-state index contributed by atoms with van der Waals surface area (Å²) in [6.45, 7) is 7.41. The minimum atomic E-state index is -0.556. The van der Waals surface area contributed by atoms with E-state index in [1.54, 1.807) is 0 Å². The number of Topliss-reactive ketones (excluding diaryl/α,β-unsaturated/α-hetero) is 1. The van der Waals surface area contributed by atoms with E-state index in [-0.39, 0.29) is 17.7 Å². The monoisotopic (exact) mass is 328 g/mol. The van der Waals surface area contributed by atoms with Crippen LogP contribution in [0.4, 0.5) is 5.69 Å². The molecule has 1 aromatic heterocycles. The van der Waals surface area contributed by atoms with E-state index in [0.717, 1.165) is 16.6 Å². The minimum absolute atomic E-state index is 0.0576. The van der Waals surface area contributed by atoms with Gasteiger partial charge in [-0.05, 0) is 33.3 Å². The number of aromatic nitrogens is 1. The largest absolute Gasteiger partial charge is 0.458 e. The third-order valence-electron chi connectivity index (χ3n) is 4.39. The van der Waals surface area contributed by atoms with Gasteiger partial charge in [0.15, 0.2) is 5.78 Å². The molecule has 2 aromatic rings. The number of fused-ring (bicyclic) bond motifs is 3. The van der Waals surface area contributed by atoms with E-state index in [1.165, 1.54) is 0 Å². The van der Waals surface area contributed by atoms with E-state index in [2.05, 4.69) is 5.32 Å². The van der Waals surface area contributed by atoms with Crippen LogP contribution in [0.25, 0.3) is 10.9 Å². The molecule has 0 fully saturated rings. The van der Waals surface area contributed by atoms with Crippen molar-refractivity contribution >= 4 is 28.3 Å². The highest BCUT2D eigenvalue weighted by Crippen LogP contribution is 2.36. The summed E-state index contributed by atoms with van der Waals surface area (Å²) in [5.74, 6) is -0.510. The predicted octanol–water partition coefficient (Wildman–Crippen LogP) is 3.52. The van der Waals surface area contributed by atoms with Crippen molar-refractivity contribution in [3.05, 3.63) is 30.0 Å². The van der Waals surface area contributed by atoms with Gasteiger partial charge < -0.3 is 14.6 Å². The van der Waals surface area contributed by atoms with Crippen molar-refractivity contribution < 1.29 is 14.3 Å². The van der Waals surface area contributed by atoms with Gasteiger partial charge in [-0.3, -0.25) is 4.79 Å². The molecular formula is C19H24N2O3. The number of nitrogens with zero attached hydrogens (tertiary/aromatic N) is 1. The Bertz CT molecular complexity index is 814. The number of esters is 1. The number of ketones is 1. The van der Waals surface area contributed by atoms with E-state index in [0.29, 0.717) is 12.1 Å². The molecule has 2 heterocycles. The molecule has 0 aliphatic carbocycles. The highest BCUT2D eigenvalue weighted by atomic mass is 16.6. The number of rotatable bonds is 1. The van der Waals surface area contributed by atoms with Gasteiger partial charge in [-0.2, -0.15) is 0 Å². The van der Waals surface area contributed by atoms with Crippen LogP contribution in [-0.2, 0) is 16.6 Å². The lowest BCUT2D eigenvalue weighted by Gasteiger charge is -2.24. The second-order valence-corrected chi connectivity index (χ2v) is 7.53. The molecule has 24 heavy (non-hydrogen) atoms. The molecule has 2 unspecified atom stereocenters. The van der Waals surface area contributed by atoms with Crippen LogP contribution >= 0.6 is 0 Å². The van der Waals surface area contributed by atoms with Crippen LogP contribution in [0.1, 0.15) is 44.6 Å². The molecule has 1 aliphatic heterocycles. The van der Waals surface area contributed by atoms with Gasteiger partial charge >= 0.3 is 5.97 Å². The van der Waals surface area contributed by atoms with Crippen LogP contribution in [0.3, 0.4) is 0 Å². The zero-order chi connectivity index (χ0) is 17.6. The number of para-hydroxylation sites is 1. The van der Waals surface area contributed by atoms with Gasteiger partial charge in [-0.15, -0.1) is 0 Å². The number of carbonyl (C=O) groups is 2. The van der Waals surface area contributed by atoms with Crippen molar-refractivity contribution in [2.24, 2.45) is 13.0 Å². The van der Waals surface area contributed by atoms with Gasteiger partial charge in [0.2, 0.25) is 0 Å². The Kier molecular flexibility index (Phi) is 3.90. The topological polar surface area (TPSA) is 60.3 Å². The molecular weight excluding hydrogens is 304 g/mol. The summed E-state index contributed by atoms with van der Waals surface area (Å²) in [7, 11) is 1.89. The first kappa shape index (κ1) is 16.6. The number of anilines is 1. The standard InChI is InChI=1S/C19H24N2O3/c1-11-10-13(18(23)24-19(2,3)4)20-15-12-8-6-7-9-14(12)21(5)16(15)17(11)22/h6-9,11,13,20H,10H2,1-5H3. The third kappa shape index (κ3) is 2.79. The first-order valence-electron chi connectivity index (χ1n) is 8.30. The number of aryl methyl sites for hydroxylation is 1. The van der Waals surface area contributed by atoms with Gasteiger partial charge in [-0.1, -0.05) is 25.1 Å². The quantitative estimate of drug-likeness (QED) is 0.814. The third-order valence-corrected chi connectivity index (χ3v) is 4.39. The van der Waals surface area contributed by atoms with E-state index in [1.807, 2.05) is 63.6 Å². The maximum atomic E-state index is 12.9. The molecule has 0 spiro atoms. The van der Waals surface area contributed by atoms with Crippen molar-refractivity contribution in [2.45, 2.75) is 45.8 Å². The van der Waals surface area contributed by atoms with Crippen LogP contribution in [0, 0.1) is 5.92 Å². The number of ether oxygens (including phenoxy) is 1. The Labute approximate surface area is 142 Å². The number of hydrogen-bond donors (Lipinski definition) is 1. The zero-order valence-corrected chi connectivity index (χ0v) is 14.8. The molecule has 1 N–H and O–H groups in total. The molecule has 1 aromatic carbocycles. The highest BCUT2D eigenvalue weighted by Gasteiger charge is 2.36. The first-order chi connectivity index (χ1) is 11.2. The molecule has 3 rings (SSSR count). The fourth-order valence-corrected chi connectivity index (χ4v) is 3.28.